The summed E-state index contributed by atoms with van der Waals surface area (Å²) in [6, 6.07) is 7.09. The molecule has 1 aromatic carbocycles. The molecule has 5 heteroatoms. The highest BCUT2D eigenvalue weighted by Gasteiger charge is 2.24. The first-order valence-corrected chi connectivity index (χ1v) is 6.51. The lowest BCUT2D eigenvalue weighted by Crippen LogP contribution is -2.01. The van der Waals surface area contributed by atoms with Gasteiger partial charge in [0.1, 0.15) is 23.0 Å². The normalized spacial score (nSPS) is 15.7. The summed E-state index contributed by atoms with van der Waals surface area (Å²) in [5.41, 5.74) is 14.5. The smallest absolute Gasteiger partial charge is 0.214 e. The van der Waals surface area contributed by atoms with Crippen molar-refractivity contribution in [3.8, 4) is 5.75 Å². The number of fused-ring (bicyclic) bond motifs is 1. The van der Waals surface area contributed by atoms with Crippen molar-refractivity contribution in [2.45, 2.75) is 6.42 Å². The molecular formula is C16H16N2O3. The standard InChI is InChI=1S/C16H16N2O3/c1-20-11-7-10(6-9-4-2-3-5-12(9)19)14-13(8-11)21-16(18)15(14)17/h2-6,8,19H,7,17-18H2,1H3. The van der Waals surface area contributed by atoms with E-state index in [9.17, 15) is 5.11 Å². The monoisotopic (exact) mass is 284 g/mol. The number of furan rings is 1. The van der Waals surface area contributed by atoms with Gasteiger partial charge in [0.15, 0.2) is 0 Å². The number of methoxy groups -OCH3 is 1. The van der Waals surface area contributed by atoms with E-state index in [2.05, 4.69) is 0 Å². The van der Waals surface area contributed by atoms with Gasteiger partial charge in [-0.05, 0) is 17.7 Å². The lowest BCUT2D eigenvalue weighted by Gasteiger charge is -2.16. The second-order valence-corrected chi connectivity index (χ2v) is 4.84. The molecule has 21 heavy (non-hydrogen) atoms. The van der Waals surface area contributed by atoms with Gasteiger partial charge in [0, 0.05) is 23.6 Å². The van der Waals surface area contributed by atoms with E-state index in [1.807, 2.05) is 18.2 Å². The van der Waals surface area contributed by atoms with E-state index in [1.165, 1.54) is 0 Å². The summed E-state index contributed by atoms with van der Waals surface area (Å²) in [5, 5.41) is 9.92. The first-order valence-electron chi connectivity index (χ1n) is 6.51. The SMILES string of the molecule is COC1=Cc2oc(N)c(N)c2C(=Cc2ccccc2O)C1. The Hall–Kier alpha value is -2.82. The Morgan fingerprint density at radius 2 is 2.05 bits per heavy atom. The average Bonchev–Trinajstić information content (AvgIpc) is 2.76. The van der Waals surface area contributed by atoms with Crippen LogP contribution in [0.15, 0.2) is 34.4 Å². The zero-order chi connectivity index (χ0) is 15.0. The van der Waals surface area contributed by atoms with E-state index >= 15 is 0 Å². The van der Waals surface area contributed by atoms with Crippen molar-refractivity contribution < 1.29 is 14.3 Å². The molecule has 0 saturated heterocycles. The minimum absolute atomic E-state index is 0.191. The van der Waals surface area contributed by atoms with E-state index in [0.717, 1.165) is 16.9 Å². The Balaban J connectivity index is 2.16. The zero-order valence-corrected chi connectivity index (χ0v) is 11.6. The summed E-state index contributed by atoms with van der Waals surface area (Å²) in [4.78, 5) is 0. The second-order valence-electron chi connectivity index (χ2n) is 4.84. The van der Waals surface area contributed by atoms with Crippen molar-refractivity contribution in [3.63, 3.8) is 0 Å². The number of hydrogen-bond donors (Lipinski definition) is 3. The number of aromatic hydroxyl groups is 1. The highest BCUT2D eigenvalue weighted by atomic mass is 16.5. The van der Waals surface area contributed by atoms with E-state index in [0.29, 0.717) is 23.4 Å². The minimum atomic E-state index is 0.191. The van der Waals surface area contributed by atoms with Gasteiger partial charge in [-0.1, -0.05) is 18.2 Å². The summed E-state index contributed by atoms with van der Waals surface area (Å²) in [5.74, 6) is 1.72. The molecule has 0 spiro atoms. The number of ether oxygens (including phenoxy) is 1. The van der Waals surface area contributed by atoms with Crippen LogP contribution in [0.1, 0.15) is 23.3 Å². The number of nitrogens with two attached hydrogens (primary N) is 2. The Labute approximate surface area is 122 Å². The molecule has 0 aliphatic heterocycles. The van der Waals surface area contributed by atoms with Crippen LogP contribution in [0.4, 0.5) is 11.6 Å². The zero-order valence-electron chi connectivity index (χ0n) is 11.6. The summed E-state index contributed by atoms with van der Waals surface area (Å²) < 4.78 is 10.8. The van der Waals surface area contributed by atoms with Gasteiger partial charge in [-0.25, -0.2) is 0 Å². The number of phenols is 1. The molecule has 0 amide bonds. The molecule has 1 aliphatic carbocycles. The molecule has 1 aliphatic rings. The first-order chi connectivity index (χ1) is 10.1. The molecule has 0 atom stereocenters. The van der Waals surface area contributed by atoms with Gasteiger partial charge in [0.05, 0.1) is 7.11 Å². The molecule has 1 aromatic heterocycles. The Kier molecular flexibility index (Phi) is 3.10. The number of benzene rings is 1. The molecule has 108 valence electrons. The van der Waals surface area contributed by atoms with Gasteiger partial charge in [0.25, 0.3) is 0 Å². The second kappa shape index (κ2) is 4.94. The molecule has 0 radical (unpaired) electrons. The van der Waals surface area contributed by atoms with Gasteiger partial charge in [0.2, 0.25) is 5.88 Å². The molecule has 5 nitrogen and oxygen atoms in total. The van der Waals surface area contributed by atoms with E-state index in [1.54, 1.807) is 25.3 Å². The predicted molar refractivity (Wildman–Crippen MR) is 83.1 cm³/mol. The third kappa shape index (κ3) is 2.23. The highest BCUT2D eigenvalue weighted by molar-refractivity contribution is 5.95. The topological polar surface area (TPSA) is 94.6 Å². The fourth-order valence-corrected chi connectivity index (χ4v) is 2.44. The Morgan fingerprint density at radius 1 is 1.29 bits per heavy atom. The molecule has 0 unspecified atom stereocenters. The molecule has 0 bridgehead atoms. The fraction of sp³-hybridized carbons (Fsp3) is 0.125. The van der Waals surface area contributed by atoms with Crippen LogP contribution in [-0.4, -0.2) is 12.2 Å². The molecule has 2 aromatic rings. The fourth-order valence-electron chi connectivity index (χ4n) is 2.44. The number of para-hydroxylation sites is 1. The van der Waals surface area contributed by atoms with Crippen LogP contribution in [0.2, 0.25) is 0 Å². The van der Waals surface area contributed by atoms with Gasteiger partial charge in [-0.2, -0.15) is 0 Å². The van der Waals surface area contributed by atoms with E-state index in [4.69, 9.17) is 20.6 Å². The van der Waals surface area contributed by atoms with Crippen molar-refractivity contribution in [1.29, 1.82) is 0 Å². The van der Waals surface area contributed by atoms with Crippen LogP contribution in [-0.2, 0) is 4.74 Å². The predicted octanol–water partition coefficient (Wildman–Crippen LogP) is 3.08. The highest BCUT2D eigenvalue weighted by Crippen LogP contribution is 2.42. The molecule has 0 fully saturated rings. The van der Waals surface area contributed by atoms with Gasteiger partial charge in [-0.15, -0.1) is 0 Å². The van der Waals surface area contributed by atoms with Crippen molar-refractivity contribution >= 4 is 29.3 Å². The maximum atomic E-state index is 9.92. The number of allylic oxidation sites excluding steroid dienone is 1. The van der Waals surface area contributed by atoms with Crippen molar-refractivity contribution in [1.82, 2.24) is 0 Å². The van der Waals surface area contributed by atoms with Gasteiger partial charge in [-0.3, -0.25) is 0 Å². The Morgan fingerprint density at radius 3 is 2.76 bits per heavy atom. The van der Waals surface area contributed by atoms with Crippen molar-refractivity contribution in [2.75, 3.05) is 18.6 Å². The summed E-state index contributed by atoms with van der Waals surface area (Å²) in [6.07, 6.45) is 4.21. The third-order valence-corrected chi connectivity index (χ3v) is 3.51. The lowest BCUT2D eigenvalue weighted by atomic mass is 9.93. The van der Waals surface area contributed by atoms with Crippen LogP contribution in [0.5, 0.6) is 5.75 Å². The summed E-state index contributed by atoms with van der Waals surface area (Å²) in [6.45, 7) is 0. The molecule has 1 heterocycles. The maximum Gasteiger partial charge on any atom is 0.214 e. The van der Waals surface area contributed by atoms with Crippen LogP contribution in [0.3, 0.4) is 0 Å². The number of nitrogen functional groups attached to an aromatic ring is 2. The van der Waals surface area contributed by atoms with E-state index in [-0.39, 0.29) is 11.6 Å². The molecular weight excluding hydrogens is 268 g/mol. The number of rotatable bonds is 2. The number of hydrogen-bond acceptors (Lipinski definition) is 5. The van der Waals surface area contributed by atoms with Gasteiger partial charge < -0.3 is 25.7 Å². The quantitative estimate of drug-likeness (QED) is 0.787. The van der Waals surface area contributed by atoms with E-state index < -0.39 is 0 Å². The van der Waals surface area contributed by atoms with Crippen molar-refractivity contribution in [3.05, 3.63) is 46.9 Å². The average molecular weight is 284 g/mol. The van der Waals surface area contributed by atoms with Gasteiger partial charge >= 0.3 is 0 Å². The lowest BCUT2D eigenvalue weighted by molar-refractivity contribution is 0.289. The van der Waals surface area contributed by atoms with Crippen LogP contribution in [0, 0.1) is 0 Å². The largest absolute Gasteiger partial charge is 0.507 e. The molecule has 5 N–H and O–H groups in total. The van der Waals surface area contributed by atoms with Crippen LogP contribution in [0.25, 0.3) is 17.7 Å². The van der Waals surface area contributed by atoms with Crippen molar-refractivity contribution in [2.24, 2.45) is 0 Å². The molecule has 3 rings (SSSR count). The van der Waals surface area contributed by atoms with Crippen LogP contribution >= 0.6 is 0 Å². The third-order valence-electron chi connectivity index (χ3n) is 3.51. The first kappa shape index (κ1) is 13.2. The molecule has 0 saturated carbocycles. The van der Waals surface area contributed by atoms with Crippen LogP contribution < -0.4 is 11.5 Å². The summed E-state index contributed by atoms with van der Waals surface area (Å²) in [7, 11) is 1.60. The maximum absolute atomic E-state index is 9.92. The number of anilines is 2. The summed E-state index contributed by atoms with van der Waals surface area (Å²) >= 11 is 0. The number of phenolic OH excluding ortho intramolecular Hbond substituents is 1. The Bertz CT molecular complexity index is 757. The minimum Gasteiger partial charge on any atom is -0.507 e.